The Morgan fingerprint density at radius 1 is 1.12 bits per heavy atom. The van der Waals surface area contributed by atoms with E-state index < -0.39 is 17.6 Å². The maximum Gasteiger partial charge on any atom is 0.416 e. The van der Waals surface area contributed by atoms with Crippen molar-refractivity contribution < 1.29 is 23.1 Å². The van der Waals surface area contributed by atoms with E-state index in [4.69, 9.17) is 0 Å². The molecule has 2 heterocycles. The number of amides is 1. The number of fused-ring (bicyclic) bond motifs is 1. The van der Waals surface area contributed by atoms with E-state index >= 15 is 0 Å². The highest BCUT2D eigenvalue weighted by molar-refractivity contribution is 5.91. The van der Waals surface area contributed by atoms with Crippen molar-refractivity contribution in [2.45, 2.75) is 64.6 Å². The zero-order valence-corrected chi connectivity index (χ0v) is 22.6. The Kier molecular flexibility index (Phi) is 6.81. The highest BCUT2D eigenvalue weighted by Gasteiger charge is 2.43. The summed E-state index contributed by atoms with van der Waals surface area (Å²) in [6.45, 7) is 6.83. The van der Waals surface area contributed by atoms with Gasteiger partial charge in [0, 0.05) is 27.9 Å². The van der Waals surface area contributed by atoms with Crippen molar-refractivity contribution in [3.05, 3.63) is 80.8 Å². The number of hydrogen-bond donors (Lipinski definition) is 2. The highest BCUT2D eigenvalue weighted by atomic mass is 19.4. The molecule has 0 bridgehead atoms. The Bertz CT molecular complexity index is 1670. The van der Waals surface area contributed by atoms with E-state index in [1.807, 2.05) is 38.1 Å². The molecule has 0 saturated heterocycles. The van der Waals surface area contributed by atoms with Crippen molar-refractivity contribution in [3.63, 3.8) is 0 Å². The highest BCUT2D eigenvalue weighted by Crippen LogP contribution is 2.47. The van der Waals surface area contributed by atoms with E-state index in [0.29, 0.717) is 22.6 Å². The predicted molar refractivity (Wildman–Crippen MR) is 144 cm³/mol. The lowest BCUT2D eigenvalue weighted by molar-refractivity contribution is -0.137. The second-order valence-corrected chi connectivity index (χ2v) is 10.8. The monoisotopic (exact) mass is 553 g/mol. The van der Waals surface area contributed by atoms with Gasteiger partial charge in [0.2, 0.25) is 11.7 Å². The van der Waals surface area contributed by atoms with E-state index in [9.17, 15) is 27.9 Å². The molecule has 0 atom stereocenters. The molecule has 2 N–H and O–H groups in total. The van der Waals surface area contributed by atoms with Crippen LogP contribution in [0.25, 0.3) is 17.2 Å². The number of hydrogen-bond acceptors (Lipinski definition) is 5. The fourth-order valence-electron chi connectivity index (χ4n) is 5.13. The van der Waals surface area contributed by atoms with Crippen LogP contribution in [0, 0.1) is 13.8 Å². The first-order valence-electron chi connectivity index (χ1n) is 13.0. The Balaban J connectivity index is 1.51. The molecule has 2 aromatic carbocycles. The number of halogens is 3. The minimum atomic E-state index is -4.48. The summed E-state index contributed by atoms with van der Waals surface area (Å²) in [6.07, 6.45) is -2.62. The first-order chi connectivity index (χ1) is 18.8. The number of aryl methyl sites for hydroxylation is 1. The van der Waals surface area contributed by atoms with Gasteiger partial charge in [-0.2, -0.15) is 22.7 Å². The van der Waals surface area contributed by atoms with Gasteiger partial charge in [-0.3, -0.25) is 9.59 Å². The molecule has 210 valence electrons. The third-order valence-corrected chi connectivity index (χ3v) is 7.67. The number of alkyl halides is 3. The van der Waals surface area contributed by atoms with E-state index in [1.165, 1.54) is 17.5 Å². The molecular weight excluding hydrogens is 523 g/mol. The van der Waals surface area contributed by atoms with Crippen LogP contribution in [0.5, 0.6) is 0 Å². The summed E-state index contributed by atoms with van der Waals surface area (Å²) in [5, 5.41) is 16.9. The number of carbonyl (C=O) groups excluding carboxylic acids is 1. The molecule has 11 heteroatoms. The molecule has 0 radical (unpaired) electrons. The minimum Gasteiger partial charge on any atom is -0.395 e. The van der Waals surface area contributed by atoms with Crippen LogP contribution < -0.4 is 10.9 Å². The van der Waals surface area contributed by atoms with Crippen molar-refractivity contribution in [2.24, 2.45) is 0 Å². The van der Waals surface area contributed by atoms with Crippen LogP contribution in [-0.2, 0) is 22.9 Å². The zero-order chi connectivity index (χ0) is 29.0. The molecule has 0 spiro atoms. The standard InChI is InChI=1S/C29H30F3N5O3/c1-16(2)24-18(4)36(14-23(39)33-22-10-9-21(13-17(22)3)29(30,31)32)27-34-25(35-37(27)26(24)40)19-5-7-20(8-6-19)28(15-38)11-12-28/h5-10,13,16,38H,11-12,14-15H2,1-4H3,(H,33,39). The van der Waals surface area contributed by atoms with E-state index in [-0.39, 0.29) is 47.1 Å². The number of nitrogens with one attached hydrogen (secondary N) is 1. The van der Waals surface area contributed by atoms with Gasteiger partial charge in [0.25, 0.3) is 5.56 Å². The minimum absolute atomic E-state index is 0.0871. The quantitative estimate of drug-likeness (QED) is 0.336. The topological polar surface area (TPSA) is 102 Å². The molecule has 1 aliphatic rings. The molecule has 4 aromatic rings. The summed E-state index contributed by atoms with van der Waals surface area (Å²) in [5.41, 5.74) is 1.98. The fraction of sp³-hybridized carbons (Fsp3) is 0.379. The van der Waals surface area contributed by atoms with Gasteiger partial charge in [0.1, 0.15) is 6.54 Å². The molecule has 8 nitrogen and oxygen atoms in total. The molecule has 0 unspecified atom stereocenters. The molecule has 1 saturated carbocycles. The van der Waals surface area contributed by atoms with Crippen LogP contribution in [0.4, 0.5) is 18.9 Å². The average molecular weight is 554 g/mol. The zero-order valence-electron chi connectivity index (χ0n) is 22.6. The average Bonchev–Trinajstić information content (AvgIpc) is 3.57. The molecule has 1 aliphatic carbocycles. The summed E-state index contributed by atoms with van der Waals surface area (Å²) in [5.74, 6) is -0.160. The van der Waals surface area contributed by atoms with Gasteiger partial charge >= 0.3 is 6.18 Å². The normalized spacial score (nSPS) is 14.6. The number of aromatic nitrogens is 4. The lowest BCUT2D eigenvalue weighted by atomic mass is 9.96. The van der Waals surface area contributed by atoms with Gasteiger partial charge in [-0.15, -0.1) is 5.10 Å². The van der Waals surface area contributed by atoms with E-state index in [1.54, 1.807) is 11.5 Å². The van der Waals surface area contributed by atoms with Gasteiger partial charge in [-0.1, -0.05) is 38.1 Å². The lowest BCUT2D eigenvalue weighted by Gasteiger charge is -2.17. The van der Waals surface area contributed by atoms with Crippen molar-refractivity contribution in [1.29, 1.82) is 0 Å². The number of nitrogens with zero attached hydrogens (tertiary/aromatic N) is 4. The molecule has 40 heavy (non-hydrogen) atoms. The van der Waals surface area contributed by atoms with E-state index in [2.05, 4.69) is 15.4 Å². The fourth-order valence-corrected chi connectivity index (χ4v) is 5.13. The van der Waals surface area contributed by atoms with Crippen LogP contribution in [0.3, 0.4) is 0 Å². The van der Waals surface area contributed by atoms with Crippen LogP contribution in [0.2, 0.25) is 0 Å². The van der Waals surface area contributed by atoms with E-state index in [0.717, 1.165) is 30.5 Å². The van der Waals surface area contributed by atoms with Crippen molar-refractivity contribution in [3.8, 4) is 11.4 Å². The summed E-state index contributed by atoms with van der Waals surface area (Å²) in [7, 11) is 0. The van der Waals surface area contributed by atoms with Gasteiger partial charge in [0.15, 0.2) is 5.82 Å². The molecule has 1 fully saturated rings. The SMILES string of the molecule is Cc1cc(C(F)(F)F)ccc1NC(=O)Cn1c(C)c(C(C)C)c(=O)n2nc(-c3ccc(C4(CO)CC4)cc3)nc12. The number of carbonyl (C=O) groups is 1. The van der Waals surface area contributed by atoms with Gasteiger partial charge in [0.05, 0.1) is 12.2 Å². The first-order valence-corrected chi connectivity index (χ1v) is 13.0. The summed E-state index contributed by atoms with van der Waals surface area (Å²) >= 11 is 0. The van der Waals surface area contributed by atoms with Crippen LogP contribution in [0.1, 0.15) is 60.6 Å². The Hall–Kier alpha value is -3.99. The maximum atomic E-state index is 13.4. The molecule has 5 rings (SSSR count). The molecule has 0 aliphatic heterocycles. The third-order valence-electron chi connectivity index (χ3n) is 7.67. The Morgan fingerprint density at radius 2 is 1.80 bits per heavy atom. The van der Waals surface area contributed by atoms with Crippen molar-refractivity contribution >= 4 is 17.4 Å². The van der Waals surface area contributed by atoms with Crippen LogP contribution >= 0.6 is 0 Å². The second-order valence-electron chi connectivity index (χ2n) is 10.8. The smallest absolute Gasteiger partial charge is 0.395 e. The number of anilines is 1. The van der Waals surface area contributed by atoms with Gasteiger partial charge < -0.3 is 15.0 Å². The maximum absolute atomic E-state index is 13.4. The summed E-state index contributed by atoms with van der Waals surface area (Å²) in [6, 6.07) is 10.7. The predicted octanol–water partition coefficient (Wildman–Crippen LogP) is 4.98. The number of rotatable bonds is 7. The van der Waals surface area contributed by atoms with Crippen molar-refractivity contribution in [1.82, 2.24) is 19.2 Å². The Morgan fingerprint density at radius 3 is 2.35 bits per heavy atom. The number of benzene rings is 2. The first kappa shape index (κ1) is 27.6. The third kappa shape index (κ3) is 4.90. The lowest BCUT2D eigenvalue weighted by Crippen LogP contribution is -2.30. The number of aliphatic hydroxyl groups excluding tert-OH is 1. The molecular formula is C29H30F3N5O3. The molecule has 2 aromatic heterocycles. The summed E-state index contributed by atoms with van der Waals surface area (Å²) < 4.78 is 41.9. The van der Waals surface area contributed by atoms with Crippen LogP contribution in [0.15, 0.2) is 47.3 Å². The second kappa shape index (κ2) is 9.88. The summed E-state index contributed by atoms with van der Waals surface area (Å²) in [4.78, 5) is 31.1. The largest absolute Gasteiger partial charge is 0.416 e. The molecule has 1 amide bonds. The van der Waals surface area contributed by atoms with Crippen molar-refractivity contribution in [2.75, 3.05) is 11.9 Å². The van der Waals surface area contributed by atoms with Gasteiger partial charge in [-0.25, -0.2) is 0 Å². The Labute approximate surface area is 228 Å². The number of aliphatic hydroxyl groups is 1. The van der Waals surface area contributed by atoms with Crippen LogP contribution in [-0.4, -0.2) is 36.8 Å². The van der Waals surface area contributed by atoms with Gasteiger partial charge in [-0.05, 0) is 61.9 Å².